The molecule has 1 aromatic rings. The normalized spacial score (nSPS) is 20.2. The summed E-state index contributed by atoms with van der Waals surface area (Å²) in [6.45, 7) is 11.8. The Kier molecular flexibility index (Phi) is 5.01. The second-order valence-corrected chi connectivity index (χ2v) is 6.11. The van der Waals surface area contributed by atoms with Gasteiger partial charge in [0.15, 0.2) is 0 Å². The molecule has 2 atom stereocenters. The van der Waals surface area contributed by atoms with Gasteiger partial charge in [-0.2, -0.15) is 0 Å². The minimum Gasteiger partial charge on any atom is -0.480 e. The predicted molar refractivity (Wildman–Crippen MR) is 84.6 cm³/mol. The van der Waals surface area contributed by atoms with Crippen LogP contribution >= 0.6 is 0 Å². The fourth-order valence-corrected chi connectivity index (χ4v) is 2.90. The molecule has 0 bridgehead atoms. The highest BCUT2D eigenvalue weighted by atomic mass is 16.4. The van der Waals surface area contributed by atoms with Crippen LogP contribution in [0.2, 0.25) is 0 Å². The third-order valence-corrected chi connectivity index (χ3v) is 4.82. The molecule has 1 saturated heterocycles. The maximum Gasteiger partial charge on any atom is 0.320 e. The van der Waals surface area contributed by atoms with Crippen LogP contribution in [0.15, 0.2) is 18.2 Å². The third-order valence-electron chi connectivity index (χ3n) is 4.82. The van der Waals surface area contributed by atoms with Crippen molar-refractivity contribution < 1.29 is 9.90 Å². The van der Waals surface area contributed by atoms with Crippen molar-refractivity contribution in [3.8, 4) is 0 Å². The molecule has 1 fully saturated rings. The molecule has 1 aliphatic rings. The molecule has 1 N–H and O–H groups in total. The molecule has 0 saturated carbocycles. The standard InChI is InChI=1S/C17H26N2O2/c1-12-5-6-16(11-13(12)2)14(3)18-7-9-19(10-8-18)15(4)17(20)21/h5-6,11,14-15H,7-10H2,1-4H3,(H,20,21). The van der Waals surface area contributed by atoms with Crippen molar-refractivity contribution in [1.29, 1.82) is 0 Å². The van der Waals surface area contributed by atoms with E-state index in [9.17, 15) is 4.79 Å². The van der Waals surface area contributed by atoms with Gasteiger partial charge < -0.3 is 5.11 Å². The van der Waals surface area contributed by atoms with Crippen molar-refractivity contribution in [3.63, 3.8) is 0 Å². The van der Waals surface area contributed by atoms with E-state index in [-0.39, 0.29) is 6.04 Å². The zero-order valence-electron chi connectivity index (χ0n) is 13.5. The number of aryl methyl sites for hydroxylation is 2. The van der Waals surface area contributed by atoms with Gasteiger partial charge in [-0.25, -0.2) is 0 Å². The van der Waals surface area contributed by atoms with E-state index in [1.54, 1.807) is 6.92 Å². The summed E-state index contributed by atoms with van der Waals surface area (Å²) in [6.07, 6.45) is 0. The molecule has 2 unspecified atom stereocenters. The van der Waals surface area contributed by atoms with Crippen LogP contribution in [0.5, 0.6) is 0 Å². The number of benzene rings is 1. The van der Waals surface area contributed by atoms with Crippen LogP contribution in [-0.4, -0.2) is 53.1 Å². The number of carboxylic acid groups (broad SMARTS) is 1. The lowest BCUT2D eigenvalue weighted by Crippen LogP contribution is -2.52. The van der Waals surface area contributed by atoms with Crippen LogP contribution in [0.3, 0.4) is 0 Å². The third kappa shape index (κ3) is 3.63. The Hall–Kier alpha value is -1.39. The fourth-order valence-electron chi connectivity index (χ4n) is 2.90. The minimum absolute atomic E-state index is 0.381. The van der Waals surface area contributed by atoms with Gasteiger partial charge in [0.1, 0.15) is 6.04 Å². The molecule has 0 aromatic heterocycles. The predicted octanol–water partition coefficient (Wildman–Crippen LogP) is 2.46. The monoisotopic (exact) mass is 290 g/mol. The van der Waals surface area contributed by atoms with Crippen molar-refractivity contribution in [2.24, 2.45) is 0 Å². The maximum absolute atomic E-state index is 11.0. The Morgan fingerprint density at radius 1 is 1.05 bits per heavy atom. The summed E-state index contributed by atoms with van der Waals surface area (Å²) in [6, 6.07) is 6.66. The second-order valence-electron chi connectivity index (χ2n) is 6.11. The van der Waals surface area contributed by atoms with Gasteiger partial charge in [0.05, 0.1) is 0 Å². The van der Waals surface area contributed by atoms with Gasteiger partial charge in [0, 0.05) is 32.2 Å². The number of piperazine rings is 1. The quantitative estimate of drug-likeness (QED) is 0.925. The highest BCUT2D eigenvalue weighted by Crippen LogP contribution is 2.24. The molecule has 0 aliphatic carbocycles. The zero-order chi connectivity index (χ0) is 15.6. The molecule has 1 aliphatic heterocycles. The first-order valence-electron chi connectivity index (χ1n) is 7.68. The van der Waals surface area contributed by atoms with Gasteiger partial charge in [-0.1, -0.05) is 18.2 Å². The Bertz CT molecular complexity index is 508. The molecule has 0 spiro atoms. The van der Waals surface area contributed by atoms with Crippen LogP contribution in [0.4, 0.5) is 0 Å². The fraction of sp³-hybridized carbons (Fsp3) is 0.588. The SMILES string of the molecule is Cc1ccc(C(C)N2CCN(C(C)C(=O)O)CC2)cc1C. The first kappa shape index (κ1) is 16.0. The summed E-state index contributed by atoms with van der Waals surface area (Å²) >= 11 is 0. The summed E-state index contributed by atoms with van der Waals surface area (Å²) < 4.78 is 0. The molecule has 4 nitrogen and oxygen atoms in total. The first-order chi connectivity index (χ1) is 9.90. The Balaban J connectivity index is 1.98. The van der Waals surface area contributed by atoms with Gasteiger partial charge in [-0.05, 0) is 44.4 Å². The number of hydrogen-bond donors (Lipinski definition) is 1. The van der Waals surface area contributed by atoms with Crippen LogP contribution < -0.4 is 0 Å². The van der Waals surface area contributed by atoms with E-state index < -0.39 is 5.97 Å². The van der Waals surface area contributed by atoms with E-state index in [0.29, 0.717) is 6.04 Å². The van der Waals surface area contributed by atoms with Crippen LogP contribution in [0, 0.1) is 13.8 Å². The number of rotatable bonds is 4. The molecule has 21 heavy (non-hydrogen) atoms. The molecule has 1 aromatic carbocycles. The molecule has 0 amide bonds. The molecule has 0 radical (unpaired) electrons. The Morgan fingerprint density at radius 3 is 2.14 bits per heavy atom. The molecular weight excluding hydrogens is 264 g/mol. The van der Waals surface area contributed by atoms with E-state index in [0.717, 1.165) is 26.2 Å². The highest BCUT2D eigenvalue weighted by molar-refractivity contribution is 5.72. The van der Waals surface area contributed by atoms with E-state index in [1.807, 2.05) is 4.90 Å². The number of carbonyl (C=O) groups is 1. The lowest BCUT2D eigenvalue weighted by molar-refractivity contribution is -0.143. The number of aliphatic carboxylic acids is 1. The van der Waals surface area contributed by atoms with Gasteiger partial charge in [0.2, 0.25) is 0 Å². The maximum atomic E-state index is 11.0. The number of nitrogens with zero attached hydrogens (tertiary/aromatic N) is 2. The topological polar surface area (TPSA) is 43.8 Å². The molecule has 4 heteroatoms. The van der Waals surface area contributed by atoms with E-state index in [4.69, 9.17) is 5.11 Å². The van der Waals surface area contributed by atoms with Gasteiger partial charge >= 0.3 is 5.97 Å². The smallest absolute Gasteiger partial charge is 0.320 e. The largest absolute Gasteiger partial charge is 0.480 e. The van der Waals surface area contributed by atoms with Crippen LogP contribution in [0.1, 0.15) is 36.6 Å². The molecule has 1 heterocycles. The van der Waals surface area contributed by atoms with E-state index >= 15 is 0 Å². The van der Waals surface area contributed by atoms with Crippen LogP contribution in [-0.2, 0) is 4.79 Å². The summed E-state index contributed by atoms with van der Waals surface area (Å²) in [5.41, 5.74) is 4.00. The summed E-state index contributed by atoms with van der Waals surface area (Å²) in [7, 11) is 0. The average molecular weight is 290 g/mol. The first-order valence-corrected chi connectivity index (χ1v) is 7.68. The molecule has 2 rings (SSSR count). The highest BCUT2D eigenvalue weighted by Gasteiger charge is 2.27. The lowest BCUT2D eigenvalue weighted by atomic mass is 10.0. The van der Waals surface area contributed by atoms with Gasteiger partial charge in [-0.15, -0.1) is 0 Å². The number of hydrogen-bond acceptors (Lipinski definition) is 3. The summed E-state index contributed by atoms with van der Waals surface area (Å²) in [5, 5.41) is 9.09. The van der Waals surface area contributed by atoms with E-state index in [1.165, 1.54) is 16.7 Å². The van der Waals surface area contributed by atoms with Crippen LogP contribution in [0.25, 0.3) is 0 Å². The average Bonchev–Trinajstić information content (AvgIpc) is 2.48. The van der Waals surface area contributed by atoms with Gasteiger partial charge in [-0.3, -0.25) is 14.6 Å². The Morgan fingerprint density at radius 2 is 1.62 bits per heavy atom. The second kappa shape index (κ2) is 6.58. The van der Waals surface area contributed by atoms with Crippen molar-refractivity contribution in [1.82, 2.24) is 9.80 Å². The lowest BCUT2D eigenvalue weighted by Gasteiger charge is -2.39. The van der Waals surface area contributed by atoms with E-state index in [2.05, 4.69) is 43.9 Å². The zero-order valence-corrected chi connectivity index (χ0v) is 13.5. The van der Waals surface area contributed by atoms with Crippen molar-refractivity contribution in [3.05, 3.63) is 34.9 Å². The minimum atomic E-state index is -0.731. The number of carboxylic acids is 1. The van der Waals surface area contributed by atoms with Crippen molar-refractivity contribution in [2.75, 3.05) is 26.2 Å². The summed E-state index contributed by atoms with van der Waals surface area (Å²) in [4.78, 5) is 15.5. The molecule has 116 valence electrons. The summed E-state index contributed by atoms with van der Waals surface area (Å²) in [5.74, 6) is -0.731. The van der Waals surface area contributed by atoms with Gasteiger partial charge in [0.25, 0.3) is 0 Å². The van der Waals surface area contributed by atoms with Crippen molar-refractivity contribution >= 4 is 5.97 Å². The Labute approximate surface area is 127 Å². The van der Waals surface area contributed by atoms with Crippen molar-refractivity contribution in [2.45, 2.75) is 39.8 Å². The molecular formula is C17H26N2O2.